The SMILES string of the molecule is O=C(Nc1cc(OCC(F)F)cc([N+](=O)[O-])c1)c1ccn(COc2ccccc2[N+](=O)[O-])n1. The number of rotatable bonds is 10. The number of benzene rings is 2. The quantitative estimate of drug-likeness (QED) is 0.353. The van der Waals surface area contributed by atoms with E-state index in [-0.39, 0.29) is 35.3 Å². The lowest BCUT2D eigenvalue weighted by Crippen LogP contribution is -2.15. The molecule has 0 spiro atoms. The van der Waals surface area contributed by atoms with Crippen molar-refractivity contribution in [3.05, 3.63) is 80.7 Å². The first-order valence-corrected chi connectivity index (χ1v) is 9.14. The maximum Gasteiger partial charge on any atom is 0.311 e. The fourth-order valence-electron chi connectivity index (χ4n) is 2.62. The lowest BCUT2D eigenvalue weighted by atomic mass is 10.2. The van der Waals surface area contributed by atoms with Crippen LogP contribution < -0.4 is 14.8 Å². The maximum atomic E-state index is 12.5. The number of hydrogen-bond acceptors (Lipinski definition) is 8. The highest BCUT2D eigenvalue weighted by Gasteiger charge is 2.17. The van der Waals surface area contributed by atoms with Gasteiger partial charge in [0.2, 0.25) is 0 Å². The largest absolute Gasteiger partial charge is 0.487 e. The molecule has 172 valence electrons. The van der Waals surface area contributed by atoms with E-state index in [9.17, 15) is 33.8 Å². The summed E-state index contributed by atoms with van der Waals surface area (Å²) in [6.45, 7) is -1.21. The molecular weight excluding hydrogens is 448 g/mol. The van der Waals surface area contributed by atoms with Crippen LogP contribution in [0, 0.1) is 20.2 Å². The average Bonchev–Trinajstić information content (AvgIpc) is 3.25. The van der Waals surface area contributed by atoms with Crippen molar-refractivity contribution in [1.29, 1.82) is 0 Å². The van der Waals surface area contributed by atoms with Crippen LogP contribution in [0.15, 0.2) is 54.7 Å². The Bertz CT molecular complexity index is 1180. The minimum atomic E-state index is -2.79. The number of aromatic nitrogens is 2. The van der Waals surface area contributed by atoms with Gasteiger partial charge in [-0.1, -0.05) is 12.1 Å². The van der Waals surface area contributed by atoms with Gasteiger partial charge < -0.3 is 14.8 Å². The van der Waals surface area contributed by atoms with E-state index in [1.165, 1.54) is 35.1 Å². The van der Waals surface area contributed by atoms with Crippen molar-refractivity contribution in [3.8, 4) is 11.5 Å². The number of carbonyl (C=O) groups excluding carboxylic acids is 1. The number of amides is 1. The van der Waals surface area contributed by atoms with Crippen molar-refractivity contribution < 1.29 is 32.9 Å². The summed E-state index contributed by atoms with van der Waals surface area (Å²) in [4.78, 5) is 33.2. The highest BCUT2D eigenvalue weighted by Crippen LogP contribution is 2.27. The Morgan fingerprint density at radius 3 is 2.55 bits per heavy atom. The Hall–Kier alpha value is -4.62. The summed E-state index contributed by atoms with van der Waals surface area (Å²) in [5, 5.41) is 28.5. The molecular formula is C19H15F2N5O7. The molecule has 0 aliphatic rings. The van der Waals surface area contributed by atoms with Gasteiger partial charge in [0.15, 0.2) is 18.2 Å². The smallest absolute Gasteiger partial charge is 0.311 e. The summed E-state index contributed by atoms with van der Waals surface area (Å²) in [7, 11) is 0. The molecule has 33 heavy (non-hydrogen) atoms. The molecule has 0 aliphatic carbocycles. The number of nitrogens with zero attached hydrogens (tertiary/aromatic N) is 4. The van der Waals surface area contributed by atoms with Crippen molar-refractivity contribution in [2.75, 3.05) is 11.9 Å². The molecule has 0 radical (unpaired) electrons. The van der Waals surface area contributed by atoms with Gasteiger partial charge >= 0.3 is 5.69 Å². The molecule has 0 saturated heterocycles. The molecule has 14 heteroatoms. The number of nitrogens with one attached hydrogen (secondary N) is 1. The molecule has 0 aliphatic heterocycles. The van der Waals surface area contributed by atoms with Gasteiger partial charge in [0.1, 0.15) is 12.4 Å². The summed E-state index contributed by atoms with van der Waals surface area (Å²) in [5.41, 5.74) is -0.870. The van der Waals surface area contributed by atoms with Crippen LogP contribution in [0.5, 0.6) is 11.5 Å². The van der Waals surface area contributed by atoms with Gasteiger partial charge in [0.25, 0.3) is 18.0 Å². The maximum absolute atomic E-state index is 12.5. The molecule has 0 atom stereocenters. The number of nitro groups is 2. The topological polar surface area (TPSA) is 152 Å². The normalized spacial score (nSPS) is 10.6. The number of alkyl halides is 2. The van der Waals surface area contributed by atoms with E-state index in [0.717, 1.165) is 18.2 Å². The van der Waals surface area contributed by atoms with Crippen LogP contribution in [0.1, 0.15) is 10.5 Å². The van der Waals surface area contributed by atoms with Gasteiger partial charge in [-0.05, 0) is 12.1 Å². The first kappa shape index (κ1) is 23.1. The number of anilines is 1. The summed E-state index contributed by atoms with van der Waals surface area (Å²) >= 11 is 0. The van der Waals surface area contributed by atoms with Gasteiger partial charge in [0, 0.05) is 24.4 Å². The highest BCUT2D eigenvalue weighted by molar-refractivity contribution is 6.03. The summed E-state index contributed by atoms with van der Waals surface area (Å²) < 4.78 is 36.1. The zero-order valence-corrected chi connectivity index (χ0v) is 16.6. The van der Waals surface area contributed by atoms with E-state index in [1.807, 2.05) is 0 Å². The molecule has 1 N–H and O–H groups in total. The Labute approximate surface area is 183 Å². The fourth-order valence-corrected chi connectivity index (χ4v) is 2.62. The van der Waals surface area contributed by atoms with Crippen LogP contribution in [0.25, 0.3) is 0 Å². The number of non-ortho nitro benzene ring substituents is 1. The van der Waals surface area contributed by atoms with Gasteiger partial charge in [0.05, 0.1) is 21.6 Å². The highest BCUT2D eigenvalue weighted by atomic mass is 19.3. The van der Waals surface area contributed by atoms with Crippen molar-refractivity contribution in [2.24, 2.45) is 0 Å². The molecule has 1 aromatic heterocycles. The third-order valence-corrected chi connectivity index (χ3v) is 4.02. The monoisotopic (exact) mass is 463 g/mol. The third kappa shape index (κ3) is 6.19. The molecule has 1 amide bonds. The lowest BCUT2D eigenvalue weighted by molar-refractivity contribution is -0.386. The minimum Gasteiger partial charge on any atom is -0.487 e. The molecule has 3 rings (SSSR count). The second kappa shape index (κ2) is 10.1. The van der Waals surface area contributed by atoms with Crippen molar-refractivity contribution in [1.82, 2.24) is 9.78 Å². The number of nitro benzene ring substituents is 2. The predicted molar refractivity (Wildman–Crippen MR) is 109 cm³/mol. The standard InChI is InChI=1S/C19H15F2N5O7/c20-18(21)10-32-14-8-12(7-13(9-14)25(28)29)22-19(27)15-5-6-24(23-15)11-33-17-4-2-1-3-16(17)26(30)31/h1-9,18H,10-11H2,(H,22,27). The first-order chi connectivity index (χ1) is 15.7. The Morgan fingerprint density at radius 1 is 1.09 bits per heavy atom. The van der Waals surface area contributed by atoms with Crippen molar-refractivity contribution >= 4 is 23.0 Å². The molecule has 3 aromatic rings. The van der Waals surface area contributed by atoms with E-state index >= 15 is 0 Å². The van der Waals surface area contributed by atoms with E-state index in [4.69, 9.17) is 9.47 Å². The van der Waals surface area contributed by atoms with E-state index < -0.39 is 34.5 Å². The van der Waals surface area contributed by atoms with Gasteiger partial charge in [-0.2, -0.15) is 5.10 Å². The average molecular weight is 463 g/mol. The molecule has 0 saturated carbocycles. The number of ether oxygens (including phenoxy) is 2. The van der Waals surface area contributed by atoms with Gasteiger partial charge in [-0.3, -0.25) is 25.0 Å². The molecule has 0 fully saturated rings. The van der Waals surface area contributed by atoms with Crippen molar-refractivity contribution in [2.45, 2.75) is 13.2 Å². The number of carbonyl (C=O) groups is 1. The van der Waals surface area contributed by atoms with Crippen LogP contribution in [0.4, 0.5) is 25.8 Å². The lowest BCUT2D eigenvalue weighted by Gasteiger charge is -2.09. The predicted octanol–water partition coefficient (Wildman–Crippen LogP) is 3.63. The molecule has 1 heterocycles. The Morgan fingerprint density at radius 2 is 1.85 bits per heavy atom. The fraction of sp³-hybridized carbons (Fsp3) is 0.158. The van der Waals surface area contributed by atoms with Crippen LogP contribution in [-0.2, 0) is 6.73 Å². The first-order valence-electron chi connectivity index (χ1n) is 9.14. The second-order valence-electron chi connectivity index (χ2n) is 6.37. The summed E-state index contributed by atoms with van der Waals surface area (Å²) in [6, 6.07) is 10.2. The number of para-hydroxylation sites is 2. The van der Waals surface area contributed by atoms with Gasteiger partial charge in [-0.25, -0.2) is 13.5 Å². The number of halogens is 2. The Kier molecular flexibility index (Phi) is 7.07. The summed E-state index contributed by atoms with van der Waals surface area (Å²) in [6.07, 6.45) is -1.40. The molecule has 12 nitrogen and oxygen atoms in total. The molecule has 0 bridgehead atoms. The van der Waals surface area contributed by atoms with E-state index in [0.29, 0.717) is 0 Å². The van der Waals surface area contributed by atoms with Crippen LogP contribution in [-0.4, -0.2) is 38.6 Å². The minimum absolute atomic E-state index is 0.0110. The van der Waals surface area contributed by atoms with E-state index in [2.05, 4.69) is 10.4 Å². The zero-order valence-electron chi connectivity index (χ0n) is 16.6. The molecule has 2 aromatic carbocycles. The van der Waals surface area contributed by atoms with Crippen LogP contribution >= 0.6 is 0 Å². The third-order valence-electron chi connectivity index (χ3n) is 4.02. The zero-order chi connectivity index (χ0) is 24.0. The molecule has 0 unspecified atom stereocenters. The van der Waals surface area contributed by atoms with Crippen LogP contribution in [0.2, 0.25) is 0 Å². The van der Waals surface area contributed by atoms with Crippen molar-refractivity contribution in [3.63, 3.8) is 0 Å². The Balaban J connectivity index is 1.69. The van der Waals surface area contributed by atoms with Gasteiger partial charge in [-0.15, -0.1) is 0 Å². The second-order valence-corrected chi connectivity index (χ2v) is 6.37. The number of hydrogen-bond donors (Lipinski definition) is 1. The van der Waals surface area contributed by atoms with Crippen LogP contribution in [0.3, 0.4) is 0 Å². The van der Waals surface area contributed by atoms with E-state index in [1.54, 1.807) is 6.07 Å². The summed E-state index contributed by atoms with van der Waals surface area (Å²) in [5.74, 6) is -0.958.